The predicted molar refractivity (Wildman–Crippen MR) is 65.4 cm³/mol. The smallest absolute Gasteiger partial charge is 0.226 e. The first kappa shape index (κ1) is 13.9. The highest BCUT2D eigenvalue weighted by atomic mass is 16.5. The summed E-state index contributed by atoms with van der Waals surface area (Å²) in [5.41, 5.74) is 0. The molecule has 5 nitrogen and oxygen atoms in total. The van der Waals surface area contributed by atoms with Gasteiger partial charge in [-0.05, 0) is 5.92 Å². The van der Waals surface area contributed by atoms with Gasteiger partial charge in [0.1, 0.15) is 0 Å². The first-order chi connectivity index (χ1) is 8.15. The molecule has 1 heterocycles. The highest BCUT2D eigenvalue weighted by Crippen LogP contribution is 2.07. The van der Waals surface area contributed by atoms with Gasteiger partial charge in [-0.2, -0.15) is 4.98 Å². The lowest BCUT2D eigenvalue weighted by atomic mass is 10.1. The summed E-state index contributed by atoms with van der Waals surface area (Å²) in [6, 6.07) is 0. The maximum absolute atomic E-state index is 8.93. The molecule has 0 aliphatic carbocycles. The van der Waals surface area contributed by atoms with E-state index in [9.17, 15) is 0 Å². The molecule has 0 unspecified atom stereocenters. The molecule has 0 spiro atoms. The lowest BCUT2D eigenvalue weighted by Crippen LogP contribution is -2.27. The molecule has 0 saturated carbocycles. The van der Waals surface area contributed by atoms with Crippen LogP contribution in [0, 0.1) is 5.92 Å². The summed E-state index contributed by atoms with van der Waals surface area (Å²) < 4.78 is 5.16. The topological polar surface area (TPSA) is 62.4 Å². The molecule has 0 saturated heterocycles. The van der Waals surface area contributed by atoms with Crippen molar-refractivity contribution in [1.29, 1.82) is 0 Å². The Balaban J connectivity index is 2.53. The van der Waals surface area contributed by atoms with Crippen LogP contribution in [0.1, 0.15) is 25.6 Å². The van der Waals surface area contributed by atoms with E-state index >= 15 is 0 Å². The number of hydrogen-bond donors (Lipinski definition) is 1. The summed E-state index contributed by atoms with van der Waals surface area (Å²) >= 11 is 0. The zero-order valence-corrected chi connectivity index (χ0v) is 10.6. The fourth-order valence-electron chi connectivity index (χ4n) is 1.55. The summed E-state index contributed by atoms with van der Waals surface area (Å²) in [6.45, 7) is 9.88. The van der Waals surface area contributed by atoms with Crippen molar-refractivity contribution in [3.63, 3.8) is 0 Å². The van der Waals surface area contributed by atoms with Gasteiger partial charge in [-0.25, -0.2) is 0 Å². The molecule has 0 amide bonds. The molecule has 1 rings (SSSR count). The standard InChI is InChI=1S/C12H21N3O2/c1-4-5-15(6-7-16)9-11-13-12(17-14-11)8-10(2)3/h4,10,16H,1,5-9H2,2-3H3. The largest absolute Gasteiger partial charge is 0.395 e. The SMILES string of the molecule is C=CCN(CCO)Cc1noc(CC(C)C)n1. The minimum atomic E-state index is 0.116. The van der Waals surface area contributed by atoms with Crippen LogP contribution in [0.2, 0.25) is 0 Å². The zero-order chi connectivity index (χ0) is 12.7. The molecule has 1 aromatic rings. The minimum Gasteiger partial charge on any atom is -0.395 e. The molecule has 0 aromatic carbocycles. The van der Waals surface area contributed by atoms with Crippen LogP contribution in [0.3, 0.4) is 0 Å². The number of aliphatic hydroxyl groups excluding tert-OH is 1. The first-order valence-electron chi connectivity index (χ1n) is 5.91. The maximum atomic E-state index is 8.93. The van der Waals surface area contributed by atoms with E-state index in [4.69, 9.17) is 9.63 Å². The van der Waals surface area contributed by atoms with E-state index in [1.165, 1.54) is 0 Å². The molecule has 0 radical (unpaired) electrons. The van der Waals surface area contributed by atoms with Gasteiger partial charge in [-0.1, -0.05) is 25.1 Å². The van der Waals surface area contributed by atoms with E-state index in [1.807, 2.05) is 4.90 Å². The molecular weight excluding hydrogens is 218 g/mol. The van der Waals surface area contributed by atoms with Crippen LogP contribution >= 0.6 is 0 Å². The van der Waals surface area contributed by atoms with Crippen LogP contribution in [-0.2, 0) is 13.0 Å². The Labute approximate surface area is 102 Å². The van der Waals surface area contributed by atoms with Crippen molar-refractivity contribution in [2.24, 2.45) is 5.92 Å². The molecule has 96 valence electrons. The van der Waals surface area contributed by atoms with Gasteiger partial charge < -0.3 is 9.63 Å². The normalized spacial score (nSPS) is 11.4. The summed E-state index contributed by atoms with van der Waals surface area (Å²) in [7, 11) is 0. The quantitative estimate of drug-likeness (QED) is 0.692. The maximum Gasteiger partial charge on any atom is 0.226 e. The highest BCUT2D eigenvalue weighted by molar-refractivity contribution is 4.88. The van der Waals surface area contributed by atoms with Crippen molar-refractivity contribution in [3.05, 3.63) is 24.4 Å². The van der Waals surface area contributed by atoms with E-state index in [0.29, 0.717) is 37.3 Å². The number of rotatable bonds is 8. The number of nitrogens with zero attached hydrogens (tertiary/aromatic N) is 3. The molecule has 0 aliphatic heterocycles. The molecule has 0 aliphatic rings. The van der Waals surface area contributed by atoms with E-state index < -0.39 is 0 Å². The Morgan fingerprint density at radius 3 is 2.88 bits per heavy atom. The number of aromatic nitrogens is 2. The molecule has 1 N–H and O–H groups in total. The Kier molecular flexibility index (Phi) is 5.86. The van der Waals surface area contributed by atoms with Gasteiger partial charge in [0.25, 0.3) is 0 Å². The van der Waals surface area contributed by atoms with Gasteiger partial charge in [0.05, 0.1) is 13.2 Å². The van der Waals surface area contributed by atoms with Crippen LogP contribution in [0.15, 0.2) is 17.2 Å². The summed E-state index contributed by atoms with van der Waals surface area (Å²) in [5.74, 6) is 1.85. The number of hydrogen-bond acceptors (Lipinski definition) is 5. The number of aliphatic hydroxyl groups is 1. The lowest BCUT2D eigenvalue weighted by molar-refractivity contribution is 0.199. The Morgan fingerprint density at radius 1 is 1.53 bits per heavy atom. The first-order valence-corrected chi connectivity index (χ1v) is 5.91. The van der Waals surface area contributed by atoms with E-state index in [1.54, 1.807) is 6.08 Å². The average molecular weight is 239 g/mol. The van der Waals surface area contributed by atoms with Gasteiger partial charge in [0, 0.05) is 19.5 Å². The van der Waals surface area contributed by atoms with Gasteiger partial charge in [-0.15, -0.1) is 6.58 Å². The summed E-state index contributed by atoms with van der Waals surface area (Å²) in [4.78, 5) is 6.33. The third-order valence-corrected chi connectivity index (χ3v) is 2.26. The van der Waals surface area contributed by atoms with Gasteiger partial charge >= 0.3 is 0 Å². The van der Waals surface area contributed by atoms with Crippen molar-refractivity contribution >= 4 is 0 Å². The van der Waals surface area contributed by atoms with Gasteiger partial charge in [0.2, 0.25) is 5.89 Å². The minimum absolute atomic E-state index is 0.116. The predicted octanol–water partition coefficient (Wildman–Crippen LogP) is 1.25. The second kappa shape index (κ2) is 7.19. The highest BCUT2D eigenvalue weighted by Gasteiger charge is 2.11. The van der Waals surface area contributed by atoms with Crippen molar-refractivity contribution in [2.45, 2.75) is 26.8 Å². The van der Waals surface area contributed by atoms with E-state index in [2.05, 4.69) is 30.6 Å². The van der Waals surface area contributed by atoms with Crippen molar-refractivity contribution < 1.29 is 9.63 Å². The fourth-order valence-corrected chi connectivity index (χ4v) is 1.55. The molecule has 1 aromatic heterocycles. The van der Waals surface area contributed by atoms with Crippen molar-refractivity contribution in [1.82, 2.24) is 15.0 Å². The molecule has 17 heavy (non-hydrogen) atoms. The Bertz CT molecular complexity index is 336. The molecule has 5 heteroatoms. The monoisotopic (exact) mass is 239 g/mol. The molecule has 0 bridgehead atoms. The van der Waals surface area contributed by atoms with Crippen LogP contribution in [-0.4, -0.2) is 39.8 Å². The summed E-state index contributed by atoms with van der Waals surface area (Å²) in [6.07, 6.45) is 2.60. The van der Waals surface area contributed by atoms with Gasteiger partial charge in [-0.3, -0.25) is 4.90 Å². The second-order valence-electron chi connectivity index (χ2n) is 4.45. The molecule has 0 fully saturated rings. The van der Waals surface area contributed by atoms with Crippen molar-refractivity contribution in [2.75, 3.05) is 19.7 Å². The average Bonchev–Trinajstić information content (AvgIpc) is 2.65. The third kappa shape index (κ3) is 5.10. The Morgan fingerprint density at radius 2 is 2.29 bits per heavy atom. The van der Waals surface area contributed by atoms with E-state index in [-0.39, 0.29) is 6.61 Å². The van der Waals surface area contributed by atoms with Crippen LogP contribution < -0.4 is 0 Å². The van der Waals surface area contributed by atoms with Gasteiger partial charge in [0.15, 0.2) is 5.82 Å². The Hall–Kier alpha value is -1.20. The van der Waals surface area contributed by atoms with Crippen LogP contribution in [0.4, 0.5) is 0 Å². The molecular formula is C12H21N3O2. The fraction of sp³-hybridized carbons (Fsp3) is 0.667. The van der Waals surface area contributed by atoms with Crippen LogP contribution in [0.25, 0.3) is 0 Å². The lowest BCUT2D eigenvalue weighted by Gasteiger charge is -2.16. The van der Waals surface area contributed by atoms with Crippen LogP contribution in [0.5, 0.6) is 0 Å². The zero-order valence-electron chi connectivity index (χ0n) is 10.6. The summed E-state index contributed by atoms with van der Waals surface area (Å²) in [5, 5.41) is 12.9. The second-order valence-corrected chi connectivity index (χ2v) is 4.45. The van der Waals surface area contributed by atoms with E-state index in [0.717, 1.165) is 6.42 Å². The third-order valence-electron chi connectivity index (χ3n) is 2.26. The molecule has 0 atom stereocenters. The van der Waals surface area contributed by atoms with Crippen molar-refractivity contribution in [3.8, 4) is 0 Å².